The molecule has 8 nitrogen and oxygen atoms in total. The molecule has 0 saturated carbocycles. The summed E-state index contributed by atoms with van der Waals surface area (Å²) in [6.45, 7) is 0.999. The first kappa shape index (κ1) is 21.4. The monoisotopic (exact) mass is 413 g/mol. The Morgan fingerprint density at radius 1 is 1.07 bits per heavy atom. The highest BCUT2D eigenvalue weighted by atomic mass is 16.5. The van der Waals surface area contributed by atoms with Crippen LogP contribution in [0.25, 0.3) is 0 Å². The maximum atomic E-state index is 12.6. The molecule has 3 rings (SSSR count). The van der Waals surface area contributed by atoms with Crippen molar-refractivity contribution in [2.24, 2.45) is 5.73 Å². The lowest BCUT2D eigenvalue weighted by Crippen LogP contribution is -2.49. The third-order valence-electron chi connectivity index (χ3n) is 5.25. The van der Waals surface area contributed by atoms with Crippen LogP contribution in [0.2, 0.25) is 0 Å². The minimum atomic E-state index is -0.422. The number of hydrogen-bond acceptors (Lipinski definition) is 6. The zero-order valence-electron chi connectivity index (χ0n) is 17.4. The number of methoxy groups -OCH3 is 3. The first-order valence-corrected chi connectivity index (χ1v) is 9.66. The van der Waals surface area contributed by atoms with Crippen LogP contribution in [0.5, 0.6) is 17.2 Å². The highest BCUT2D eigenvalue weighted by Gasteiger charge is 2.30. The van der Waals surface area contributed by atoms with Crippen LogP contribution in [-0.2, 0) is 22.6 Å². The Morgan fingerprint density at radius 3 is 2.27 bits per heavy atom. The number of amides is 2. The van der Waals surface area contributed by atoms with E-state index in [9.17, 15) is 9.59 Å². The van der Waals surface area contributed by atoms with E-state index in [-0.39, 0.29) is 18.2 Å². The van der Waals surface area contributed by atoms with Crippen LogP contribution in [-0.4, -0.2) is 50.6 Å². The zero-order valence-corrected chi connectivity index (χ0v) is 17.4. The third kappa shape index (κ3) is 4.65. The average molecular weight is 413 g/mol. The fourth-order valence-electron chi connectivity index (χ4n) is 3.71. The van der Waals surface area contributed by atoms with E-state index in [1.54, 1.807) is 12.1 Å². The molecule has 2 aromatic carbocycles. The lowest BCUT2D eigenvalue weighted by molar-refractivity contribution is -0.125. The summed E-state index contributed by atoms with van der Waals surface area (Å²) in [5, 5.41) is 2.85. The first-order valence-electron chi connectivity index (χ1n) is 9.66. The number of primary amides is 1. The number of nitrogens with zero attached hydrogens (tertiary/aromatic N) is 1. The predicted octanol–water partition coefficient (Wildman–Crippen LogP) is 1.95. The smallest absolute Gasteiger partial charge is 0.235 e. The van der Waals surface area contributed by atoms with Gasteiger partial charge in [-0.15, -0.1) is 0 Å². The summed E-state index contributed by atoms with van der Waals surface area (Å²) in [6, 6.07) is 10.9. The standard InChI is InChI=1S/C22H27N3O5/c1-28-18-11-16(12-19(29-2)21(18)30-3)24-20(26)8-9-25-13-15-7-5-4-6-14(15)10-17(25)22(23)27/h4-7,11-12,17H,8-10,13H2,1-3H3,(H2,23,27)(H,24,26)/t17-/m0/s1. The Morgan fingerprint density at radius 2 is 1.70 bits per heavy atom. The van der Waals surface area contributed by atoms with Crippen molar-refractivity contribution in [1.29, 1.82) is 0 Å². The van der Waals surface area contributed by atoms with Gasteiger partial charge >= 0.3 is 0 Å². The maximum Gasteiger partial charge on any atom is 0.235 e. The van der Waals surface area contributed by atoms with Gasteiger partial charge in [-0.3, -0.25) is 14.5 Å². The molecule has 1 atom stereocenters. The van der Waals surface area contributed by atoms with Crippen molar-refractivity contribution in [3.05, 3.63) is 47.5 Å². The molecule has 1 heterocycles. The molecule has 3 N–H and O–H groups in total. The van der Waals surface area contributed by atoms with Crippen LogP contribution in [0.1, 0.15) is 17.5 Å². The van der Waals surface area contributed by atoms with Crippen molar-refractivity contribution in [3.63, 3.8) is 0 Å². The second-order valence-corrected chi connectivity index (χ2v) is 7.07. The molecule has 2 amide bonds. The van der Waals surface area contributed by atoms with Gasteiger partial charge in [0.25, 0.3) is 0 Å². The van der Waals surface area contributed by atoms with Crippen molar-refractivity contribution in [3.8, 4) is 17.2 Å². The van der Waals surface area contributed by atoms with Gasteiger partial charge in [0.15, 0.2) is 11.5 Å². The number of nitrogens with one attached hydrogen (secondary N) is 1. The van der Waals surface area contributed by atoms with Crippen LogP contribution < -0.4 is 25.3 Å². The fraction of sp³-hybridized carbons (Fsp3) is 0.364. The molecular weight excluding hydrogens is 386 g/mol. The van der Waals surface area contributed by atoms with Gasteiger partial charge in [0.2, 0.25) is 17.6 Å². The van der Waals surface area contributed by atoms with Gasteiger partial charge in [-0.1, -0.05) is 24.3 Å². The number of carbonyl (C=O) groups is 2. The number of carbonyl (C=O) groups excluding carboxylic acids is 2. The van der Waals surface area contributed by atoms with Gasteiger partial charge in [0.1, 0.15) is 0 Å². The van der Waals surface area contributed by atoms with E-state index in [1.807, 2.05) is 29.2 Å². The summed E-state index contributed by atoms with van der Waals surface area (Å²) in [5.41, 5.74) is 8.42. The molecule has 0 unspecified atom stereocenters. The van der Waals surface area contributed by atoms with Crippen LogP contribution in [0, 0.1) is 0 Å². The molecule has 1 aliphatic heterocycles. The van der Waals surface area contributed by atoms with Gasteiger partial charge in [-0.25, -0.2) is 0 Å². The lowest BCUT2D eigenvalue weighted by Gasteiger charge is -2.34. The van der Waals surface area contributed by atoms with E-state index in [4.69, 9.17) is 19.9 Å². The van der Waals surface area contributed by atoms with E-state index in [2.05, 4.69) is 5.32 Å². The molecule has 0 aliphatic carbocycles. The van der Waals surface area contributed by atoms with Gasteiger partial charge < -0.3 is 25.3 Å². The molecule has 0 fully saturated rings. The summed E-state index contributed by atoms with van der Waals surface area (Å²) in [6.07, 6.45) is 0.766. The number of hydrogen-bond donors (Lipinski definition) is 2. The van der Waals surface area contributed by atoms with Gasteiger partial charge in [0.05, 0.1) is 27.4 Å². The number of rotatable bonds is 8. The summed E-state index contributed by atoms with van der Waals surface area (Å²) in [5.74, 6) is 0.789. The quantitative estimate of drug-likeness (QED) is 0.686. The normalized spacial score (nSPS) is 15.8. The maximum absolute atomic E-state index is 12.6. The molecule has 2 aromatic rings. The summed E-state index contributed by atoms with van der Waals surface area (Å²) in [7, 11) is 4.55. The molecule has 30 heavy (non-hydrogen) atoms. The number of ether oxygens (including phenoxy) is 3. The molecule has 1 aliphatic rings. The van der Waals surface area contributed by atoms with Crippen molar-refractivity contribution in [2.45, 2.75) is 25.4 Å². The third-order valence-corrected chi connectivity index (χ3v) is 5.25. The average Bonchev–Trinajstić information content (AvgIpc) is 2.76. The molecule has 0 bridgehead atoms. The van der Waals surface area contributed by atoms with Crippen LogP contribution in [0.4, 0.5) is 5.69 Å². The number of fused-ring (bicyclic) bond motifs is 1. The second kappa shape index (κ2) is 9.49. The summed E-state index contributed by atoms with van der Waals surface area (Å²) in [4.78, 5) is 26.5. The van der Waals surface area contributed by atoms with Crippen LogP contribution in [0.15, 0.2) is 36.4 Å². The SMILES string of the molecule is COc1cc(NC(=O)CCN2Cc3ccccc3C[C@H]2C(N)=O)cc(OC)c1OC. The zero-order chi connectivity index (χ0) is 21.7. The van der Waals surface area contributed by atoms with E-state index in [0.717, 1.165) is 11.1 Å². The molecule has 0 aromatic heterocycles. The Bertz CT molecular complexity index is 906. The van der Waals surface area contributed by atoms with Crippen molar-refractivity contribution in [2.75, 3.05) is 33.2 Å². The minimum absolute atomic E-state index is 0.189. The van der Waals surface area contributed by atoms with Gasteiger partial charge in [0, 0.05) is 37.3 Å². The van der Waals surface area contributed by atoms with Crippen LogP contribution >= 0.6 is 0 Å². The second-order valence-electron chi connectivity index (χ2n) is 7.07. The Balaban J connectivity index is 1.67. The van der Waals surface area contributed by atoms with E-state index >= 15 is 0 Å². The molecule has 0 saturated heterocycles. The van der Waals surface area contributed by atoms with E-state index in [1.165, 1.54) is 21.3 Å². The first-order chi connectivity index (χ1) is 14.5. The minimum Gasteiger partial charge on any atom is -0.493 e. The summed E-state index contributed by atoms with van der Waals surface area (Å²) >= 11 is 0. The molecule has 160 valence electrons. The Hall–Kier alpha value is -3.26. The van der Waals surface area contributed by atoms with E-state index in [0.29, 0.717) is 42.4 Å². The van der Waals surface area contributed by atoms with Crippen molar-refractivity contribution < 1.29 is 23.8 Å². The van der Waals surface area contributed by atoms with Crippen LogP contribution in [0.3, 0.4) is 0 Å². The Labute approximate surface area is 175 Å². The molecule has 0 spiro atoms. The highest BCUT2D eigenvalue weighted by molar-refractivity contribution is 5.91. The van der Waals surface area contributed by atoms with Gasteiger partial charge in [-0.2, -0.15) is 0 Å². The Kier molecular flexibility index (Phi) is 6.79. The number of nitrogens with two attached hydrogens (primary N) is 1. The van der Waals surface area contributed by atoms with E-state index < -0.39 is 6.04 Å². The largest absolute Gasteiger partial charge is 0.493 e. The molecule has 0 radical (unpaired) electrons. The fourth-order valence-corrected chi connectivity index (χ4v) is 3.71. The number of benzene rings is 2. The van der Waals surface area contributed by atoms with Crippen molar-refractivity contribution >= 4 is 17.5 Å². The predicted molar refractivity (Wildman–Crippen MR) is 113 cm³/mol. The lowest BCUT2D eigenvalue weighted by atomic mass is 9.93. The molecular formula is C22H27N3O5. The van der Waals surface area contributed by atoms with Crippen molar-refractivity contribution in [1.82, 2.24) is 4.90 Å². The highest BCUT2D eigenvalue weighted by Crippen LogP contribution is 2.40. The summed E-state index contributed by atoms with van der Waals surface area (Å²) < 4.78 is 15.9. The topological polar surface area (TPSA) is 103 Å². The number of anilines is 1. The molecule has 8 heteroatoms. The van der Waals surface area contributed by atoms with Gasteiger partial charge in [-0.05, 0) is 17.5 Å².